The highest BCUT2D eigenvalue weighted by Gasteiger charge is 2.11. The number of carbonyl (C=O) groups is 1. The Morgan fingerprint density at radius 1 is 1.05 bits per heavy atom. The first kappa shape index (κ1) is 15.8. The van der Waals surface area contributed by atoms with E-state index in [1.54, 1.807) is 6.07 Å². The van der Waals surface area contributed by atoms with Crippen molar-refractivity contribution in [1.82, 2.24) is 0 Å². The first-order chi connectivity index (χ1) is 9.75. The molecule has 0 aliphatic rings. The number of carbonyl (C=O) groups excluding carboxylic acids is 1. The van der Waals surface area contributed by atoms with Gasteiger partial charge in [0.1, 0.15) is 0 Å². The molecule has 0 aromatic heterocycles. The molecule has 0 saturated heterocycles. The molecule has 5 nitrogen and oxygen atoms in total. The number of primary sulfonamides is 1. The molecule has 0 unspecified atom stereocenters. The van der Waals surface area contributed by atoms with E-state index in [0.717, 1.165) is 0 Å². The molecule has 0 atom stereocenters. The molecule has 0 aliphatic carbocycles. The van der Waals surface area contributed by atoms with Crippen LogP contribution >= 0.6 is 23.2 Å². The summed E-state index contributed by atoms with van der Waals surface area (Å²) in [6, 6.07) is 10.0. The quantitative estimate of drug-likeness (QED) is 0.896. The van der Waals surface area contributed by atoms with E-state index in [0.29, 0.717) is 15.7 Å². The van der Waals surface area contributed by atoms with Crippen LogP contribution in [0.1, 0.15) is 10.4 Å². The van der Waals surface area contributed by atoms with Crippen molar-refractivity contribution in [2.24, 2.45) is 5.14 Å². The molecule has 0 aliphatic heterocycles. The Labute approximate surface area is 131 Å². The molecule has 0 radical (unpaired) electrons. The van der Waals surface area contributed by atoms with Gasteiger partial charge in [0, 0.05) is 21.3 Å². The number of halogens is 2. The van der Waals surface area contributed by atoms with Gasteiger partial charge < -0.3 is 5.32 Å². The van der Waals surface area contributed by atoms with Crippen molar-refractivity contribution in [3.05, 3.63) is 58.1 Å². The molecule has 0 fully saturated rings. The van der Waals surface area contributed by atoms with E-state index >= 15 is 0 Å². The Hall–Kier alpha value is -1.60. The van der Waals surface area contributed by atoms with Gasteiger partial charge in [0.05, 0.1) is 4.90 Å². The average molecular weight is 345 g/mol. The second-order valence-corrected chi connectivity index (χ2v) is 6.62. The van der Waals surface area contributed by atoms with Gasteiger partial charge in [-0.1, -0.05) is 29.3 Å². The third-order valence-corrected chi connectivity index (χ3v) is 3.89. The van der Waals surface area contributed by atoms with Gasteiger partial charge in [-0.05, 0) is 36.4 Å². The van der Waals surface area contributed by atoms with Crippen LogP contribution in [-0.4, -0.2) is 14.3 Å². The molecule has 21 heavy (non-hydrogen) atoms. The van der Waals surface area contributed by atoms with Crippen LogP contribution in [0.15, 0.2) is 47.4 Å². The highest BCUT2D eigenvalue weighted by Crippen LogP contribution is 2.20. The molecule has 0 saturated carbocycles. The lowest BCUT2D eigenvalue weighted by molar-refractivity contribution is 0.102. The summed E-state index contributed by atoms with van der Waals surface area (Å²) in [5.41, 5.74) is 0.552. The summed E-state index contributed by atoms with van der Waals surface area (Å²) in [6.07, 6.45) is 0. The summed E-state index contributed by atoms with van der Waals surface area (Å²) in [5.74, 6) is -0.467. The van der Waals surface area contributed by atoms with Gasteiger partial charge in [-0.2, -0.15) is 0 Å². The number of nitrogens with two attached hydrogens (primary N) is 1. The fraction of sp³-hybridized carbons (Fsp3) is 0. The summed E-state index contributed by atoms with van der Waals surface area (Å²) in [7, 11) is -3.83. The molecular formula is C13H10Cl2N2O3S. The number of nitrogens with one attached hydrogen (secondary N) is 1. The number of hydrogen-bond donors (Lipinski definition) is 2. The minimum Gasteiger partial charge on any atom is -0.322 e. The van der Waals surface area contributed by atoms with Crippen molar-refractivity contribution < 1.29 is 13.2 Å². The Balaban J connectivity index is 2.28. The third kappa shape index (κ3) is 4.18. The van der Waals surface area contributed by atoms with Crippen molar-refractivity contribution >= 4 is 44.8 Å². The molecule has 2 rings (SSSR count). The number of hydrogen-bond acceptors (Lipinski definition) is 3. The lowest BCUT2D eigenvalue weighted by Crippen LogP contribution is -2.14. The van der Waals surface area contributed by atoms with E-state index < -0.39 is 15.9 Å². The highest BCUT2D eigenvalue weighted by molar-refractivity contribution is 7.89. The predicted octanol–water partition coefficient (Wildman–Crippen LogP) is 2.89. The molecular weight excluding hydrogens is 335 g/mol. The van der Waals surface area contributed by atoms with Crippen LogP contribution in [-0.2, 0) is 10.0 Å². The minimum absolute atomic E-state index is 0.0931. The Morgan fingerprint density at radius 3 is 2.24 bits per heavy atom. The van der Waals surface area contributed by atoms with Crippen molar-refractivity contribution in [1.29, 1.82) is 0 Å². The summed E-state index contributed by atoms with van der Waals surface area (Å²) in [5, 5.41) is 8.23. The van der Waals surface area contributed by atoms with E-state index in [2.05, 4.69) is 5.32 Å². The van der Waals surface area contributed by atoms with E-state index in [-0.39, 0.29) is 10.5 Å². The van der Waals surface area contributed by atoms with Gasteiger partial charge in [-0.25, -0.2) is 13.6 Å². The smallest absolute Gasteiger partial charge is 0.255 e. The van der Waals surface area contributed by atoms with Gasteiger partial charge in [-0.15, -0.1) is 0 Å². The normalized spacial score (nSPS) is 11.2. The second-order valence-electron chi connectivity index (χ2n) is 4.19. The molecule has 110 valence electrons. The first-order valence-corrected chi connectivity index (χ1v) is 7.96. The van der Waals surface area contributed by atoms with Gasteiger partial charge in [0.15, 0.2) is 0 Å². The highest BCUT2D eigenvalue weighted by atomic mass is 35.5. The van der Waals surface area contributed by atoms with Gasteiger partial charge in [-0.3, -0.25) is 4.79 Å². The number of rotatable bonds is 3. The van der Waals surface area contributed by atoms with Crippen LogP contribution in [0, 0.1) is 0 Å². The molecule has 8 heteroatoms. The number of sulfonamides is 1. The zero-order chi connectivity index (χ0) is 15.6. The monoisotopic (exact) mass is 344 g/mol. The Bertz CT molecular complexity index is 787. The molecule has 1 amide bonds. The van der Waals surface area contributed by atoms with E-state index in [4.69, 9.17) is 28.3 Å². The lowest BCUT2D eigenvalue weighted by atomic mass is 10.2. The van der Waals surface area contributed by atoms with Crippen LogP contribution in [0.25, 0.3) is 0 Å². The topological polar surface area (TPSA) is 89.3 Å². The fourth-order valence-electron chi connectivity index (χ4n) is 1.64. The maximum Gasteiger partial charge on any atom is 0.255 e. The fourth-order valence-corrected chi connectivity index (χ4v) is 2.72. The Morgan fingerprint density at radius 2 is 1.67 bits per heavy atom. The molecule has 0 spiro atoms. The zero-order valence-electron chi connectivity index (χ0n) is 10.5. The summed E-state index contributed by atoms with van der Waals surface area (Å²) in [4.78, 5) is 12.0. The molecule has 3 N–H and O–H groups in total. The van der Waals surface area contributed by atoms with E-state index in [1.807, 2.05) is 0 Å². The second kappa shape index (κ2) is 6.03. The zero-order valence-corrected chi connectivity index (χ0v) is 12.8. The molecule has 2 aromatic carbocycles. The average Bonchev–Trinajstić information content (AvgIpc) is 2.37. The third-order valence-electron chi connectivity index (χ3n) is 2.55. The lowest BCUT2D eigenvalue weighted by Gasteiger charge is -2.07. The molecule has 0 bridgehead atoms. The SMILES string of the molecule is NS(=O)(=O)c1cccc(NC(=O)c2cc(Cl)cc(Cl)c2)c1. The van der Waals surface area contributed by atoms with Crippen molar-refractivity contribution in [3.8, 4) is 0 Å². The van der Waals surface area contributed by atoms with Crippen LogP contribution < -0.4 is 10.5 Å². The first-order valence-electron chi connectivity index (χ1n) is 5.66. The summed E-state index contributed by atoms with van der Waals surface area (Å²) in [6.45, 7) is 0. The standard InChI is InChI=1S/C13H10Cl2N2O3S/c14-9-4-8(5-10(15)6-9)13(18)17-11-2-1-3-12(7-11)21(16,19)20/h1-7H,(H,17,18)(H2,16,19,20). The minimum atomic E-state index is -3.83. The predicted molar refractivity (Wildman–Crippen MR) is 82.2 cm³/mol. The van der Waals surface area contributed by atoms with Gasteiger partial charge in [0.25, 0.3) is 5.91 Å². The molecule has 0 heterocycles. The summed E-state index contributed by atoms with van der Waals surface area (Å²) >= 11 is 11.6. The van der Waals surface area contributed by atoms with E-state index in [1.165, 1.54) is 36.4 Å². The summed E-state index contributed by atoms with van der Waals surface area (Å²) < 4.78 is 22.5. The van der Waals surface area contributed by atoms with Gasteiger partial charge in [0.2, 0.25) is 10.0 Å². The van der Waals surface area contributed by atoms with Crippen molar-refractivity contribution in [2.45, 2.75) is 4.90 Å². The number of amides is 1. The van der Waals surface area contributed by atoms with Gasteiger partial charge >= 0.3 is 0 Å². The Kier molecular flexibility index (Phi) is 4.53. The van der Waals surface area contributed by atoms with Crippen molar-refractivity contribution in [2.75, 3.05) is 5.32 Å². The van der Waals surface area contributed by atoms with E-state index in [9.17, 15) is 13.2 Å². The molecule has 2 aromatic rings. The number of anilines is 1. The van der Waals surface area contributed by atoms with Crippen LogP contribution in [0.5, 0.6) is 0 Å². The van der Waals surface area contributed by atoms with Crippen LogP contribution in [0.4, 0.5) is 5.69 Å². The maximum atomic E-state index is 12.1. The largest absolute Gasteiger partial charge is 0.322 e. The van der Waals surface area contributed by atoms with Crippen molar-refractivity contribution in [3.63, 3.8) is 0 Å². The van der Waals surface area contributed by atoms with Crippen LogP contribution in [0.3, 0.4) is 0 Å². The maximum absolute atomic E-state index is 12.1. The number of benzene rings is 2. The van der Waals surface area contributed by atoms with Crippen LogP contribution in [0.2, 0.25) is 10.0 Å².